The molecule has 1 unspecified atom stereocenters. The third-order valence-electron chi connectivity index (χ3n) is 3.28. The molecule has 1 aromatic heterocycles. The number of Topliss-reactive ketones (excluding diaryl/α,β-unsaturated/α-hetero) is 1. The summed E-state index contributed by atoms with van der Waals surface area (Å²) in [6.07, 6.45) is 2.01. The van der Waals surface area contributed by atoms with Crippen molar-refractivity contribution in [1.29, 1.82) is 0 Å². The Morgan fingerprint density at radius 2 is 2.33 bits per heavy atom. The van der Waals surface area contributed by atoms with Crippen LogP contribution in [0.1, 0.15) is 54.4 Å². The highest BCUT2D eigenvalue weighted by molar-refractivity contribution is 7.08. The predicted molar refractivity (Wildman–Crippen MR) is 65.1 cm³/mol. The Hall–Kier alpha value is -0.910. The van der Waals surface area contributed by atoms with E-state index in [4.69, 9.17) is 0 Å². The van der Waals surface area contributed by atoms with Gasteiger partial charge in [0.1, 0.15) is 4.88 Å². The van der Waals surface area contributed by atoms with Crippen molar-refractivity contribution in [3.8, 4) is 0 Å². The van der Waals surface area contributed by atoms with E-state index in [1.807, 2.05) is 6.92 Å². The lowest BCUT2D eigenvalue weighted by atomic mass is 9.99. The number of nitrogens with zero attached hydrogens (tertiary/aromatic N) is 2. The minimum absolute atomic E-state index is 0.0730. The van der Waals surface area contributed by atoms with Gasteiger partial charge in [0.15, 0.2) is 5.78 Å². The van der Waals surface area contributed by atoms with Crippen LogP contribution in [0.4, 0.5) is 8.78 Å². The molecule has 1 saturated carbocycles. The van der Waals surface area contributed by atoms with Gasteiger partial charge in [-0.25, -0.2) is 8.78 Å². The van der Waals surface area contributed by atoms with Crippen LogP contribution in [0, 0.1) is 5.92 Å². The third kappa shape index (κ3) is 3.10. The van der Waals surface area contributed by atoms with Gasteiger partial charge >= 0.3 is 0 Å². The molecule has 1 aliphatic carbocycles. The maximum absolute atomic E-state index is 13.1. The van der Waals surface area contributed by atoms with Crippen LogP contribution in [0.15, 0.2) is 0 Å². The van der Waals surface area contributed by atoms with Crippen LogP contribution >= 0.6 is 11.5 Å². The summed E-state index contributed by atoms with van der Waals surface area (Å²) in [5, 5.41) is 3.93. The van der Waals surface area contributed by atoms with Gasteiger partial charge in [-0.1, -0.05) is 17.8 Å². The van der Waals surface area contributed by atoms with Crippen molar-refractivity contribution in [3.05, 3.63) is 10.6 Å². The first kappa shape index (κ1) is 13.5. The molecule has 100 valence electrons. The van der Waals surface area contributed by atoms with Gasteiger partial charge in [0.05, 0.1) is 5.69 Å². The van der Waals surface area contributed by atoms with Crippen LogP contribution in [0.2, 0.25) is 0 Å². The average Bonchev–Trinajstić information content (AvgIpc) is 2.86. The fraction of sp³-hybridized carbons (Fsp3) is 0.750. The zero-order chi connectivity index (χ0) is 13.2. The molecule has 6 heteroatoms. The molecule has 1 fully saturated rings. The van der Waals surface area contributed by atoms with Crippen molar-refractivity contribution in [2.45, 2.75) is 51.4 Å². The predicted octanol–water partition coefficient (Wildman–Crippen LogP) is 3.50. The van der Waals surface area contributed by atoms with Crippen molar-refractivity contribution < 1.29 is 13.6 Å². The van der Waals surface area contributed by atoms with Gasteiger partial charge in [0, 0.05) is 19.3 Å². The Morgan fingerprint density at radius 1 is 1.56 bits per heavy atom. The summed E-state index contributed by atoms with van der Waals surface area (Å²) in [6.45, 7) is 2.01. The Kier molecular flexibility index (Phi) is 4.04. The standard InChI is InChI=1S/C12H16F2N2OS/c1-2-3-9-11(18-16-15-9)10(17)6-8-4-5-12(13,14)7-8/h8H,2-7H2,1H3. The largest absolute Gasteiger partial charge is 0.293 e. The topological polar surface area (TPSA) is 42.9 Å². The number of rotatable bonds is 5. The van der Waals surface area contributed by atoms with Gasteiger partial charge in [-0.3, -0.25) is 4.79 Å². The van der Waals surface area contributed by atoms with E-state index < -0.39 is 5.92 Å². The zero-order valence-electron chi connectivity index (χ0n) is 10.3. The number of halogens is 2. The van der Waals surface area contributed by atoms with Gasteiger partial charge in [0.2, 0.25) is 5.92 Å². The van der Waals surface area contributed by atoms with E-state index in [-0.39, 0.29) is 31.0 Å². The van der Waals surface area contributed by atoms with Crippen molar-refractivity contribution >= 4 is 17.3 Å². The smallest absolute Gasteiger partial charge is 0.248 e. The Bertz CT molecular complexity index is 433. The van der Waals surface area contributed by atoms with Gasteiger partial charge < -0.3 is 0 Å². The third-order valence-corrected chi connectivity index (χ3v) is 4.08. The second kappa shape index (κ2) is 5.38. The minimum Gasteiger partial charge on any atom is -0.293 e. The molecule has 1 aromatic rings. The van der Waals surface area contributed by atoms with Crippen molar-refractivity contribution in [2.24, 2.45) is 5.92 Å². The Balaban J connectivity index is 1.98. The van der Waals surface area contributed by atoms with Gasteiger partial charge in [0.25, 0.3) is 0 Å². The van der Waals surface area contributed by atoms with E-state index >= 15 is 0 Å². The molecule has 0 spiro atoms. The molecular weight excluding hydrogens is 258 g/mol. The van der Waals surface area contributed by atoms with Gasteiger partial charge in [-0.2, -0.15) is 0 Å². The number of hydrogen-bond acceptors (Lipinski definition) is 4. The number of carbonyl (C=O) groups is 1. The number of alkyl halides is 2. The second-order valence-corrected chi connectivity index (χ2v) is 5.64. The van der Waals surface area contributed by atoms with E-state index in [0.29, 0.717) is 11.3 Å². The molecule has 0 aliphatic heterocycles. The van der Waals surface area contributed by atoms with Gasteiger partial charge in [-0.05, 0) is 30.3 Å². The van der Waals surface area contributed by atoms with E-state index in [1.54, 1.807) is 0 Å². The lowest BCUT2D eigenvalue weighted by Gasteiger charge is -2.09. The van der Waals surface area contributed by atoms with Crippen LogP contribution in [-0.4, -0.2) is 21.3 Å². The number of aryl methyl sites for hydroxylation is 1. The van der Waals surface area contributed by atoms with Gasteiger partial charge in [-0.15, -0.1) is 5.10 Å². The Morgan fingerprint density at radius 3 is 2.94 bits per heavy atom. The van der Waals surface area contributed by atoms with E-state index in [0.717, 1.165) is 30.1 Å². The lowest BCUT2D eigenvalue weighted by Crippen LogP contribution is -2.12. The number of carbonyl (C=O) groups excluding carboxylic acids is 1. The van der Waals surface area contributed by atoms with Crippen LogP contribution in [0.3, 0.4) is 0 Å². The first-order valence-corrected chi connectivity index (χ1v) is 7.01. The molecule has 0 amide bonds. The summed E-state index contributed by atoms with van der Waals surface area (Å²) in [5.41, 5.74) is 0.720. The molecule has 0 bridgehead atoms. The molecule has 1 aliphatic rings. The summed E-state index contributed by atoms with van der Waals surface area (Å²) in [4.78, 5) is 12.6. The zero-order valence-corrected chi connectivity index (χ0v) is 11.1. The molecule has 3 nitrogen and oxygen atoms in total. The molecule has 2 rings (SSSR count). The average molecular weight is 274 g/mol. The number of hydrogen-bond donors (Lipinski definition) is 0. The highest BCUT2D eigenvalue weighted by atomic mass is 32.1. The number of ketones is 1. The SMILES string of the molecule is CCCc1nnsc1C(=O)CC1CCC(F)(F)C1. The Labute approximate surface area is 109 Å². The fourth-order valence-corrected chi connectivity index (χ4v) is 3.05. The van der Waals surface area contributed by atoms with Crippen molar-refractivity contribution in [3.63, 3.8) is 0 Å². The molecular formula is C12H16F2N2OS. The minimum atomic E-state index is -2.58. The van der Waals surface area contributed by atoms with E-state index in [9.17, 15) is 13.6 Å². The van der Waals surface area contributed by atoms with Crippen LogP contribution in [0.5, 0.6) is 0 Å². The summed E-state index contributed by atoms with van der Waals surface area (Å²) >= 11 is 1.08. The first-order valence-electron chi connectivity index (χ1n) is 6.24. The van der Waals surface area contributed by atoms with Crippen LogP contribution < -0.4 is 0 Å². The highest BCUT2D eigenvalue weighted by Gasteiger charge is 2.40. The first-order chi connectivity index (χ1) is 8.52. The number of aromatic nitrogens is 2. The normalized spacial score (nSPS) is 22.3. The fourth-order valence-electron chi connectivity index (χ4n) is 2.39. The molecule has 0 aromatic carbocycles. The molecule has 0 radical (unpaired) electrons. The van der Waals surface area contributed by atoms with Crippen molar-refractivity contribution in [1.82, 2.24) is 9.59 Å². The highest BCUT2D eigenvalue weighted by Crippen LogP contribution is 2.40. The molecule has 0 saturated heterocycles. The second-order valence-electron chi connectivity index (χ2n) is 4.89. The van der Waals surface area contributed by atoms with Crippen LogP contribution in [-0.2, 0) is 6.42 Å². The molecule has 1 heterocycles. The van der Waals surface area contributed by atoms with E-state index in [1.165, 1.54) is 0 Å². The monoisotopic (exact) mass is 274 g/mol. The summed E-state index contributed by atoms with van der Waals surface area (Å²) in [5.74, 6) is -2.84. The summed E-state index contributed by atoms with van der Waals surface area (Å²) in [6, 6.07) is 0. The summed E-state index contributed by atoms with van der Waals surface area (Å²) in [7, 11) is 0. The van der Waals surface area contributed by atoms with Crippen molar-refractivity contribution in [2.75, 3.05) is 0 Å². The maximum atomic E-state index is 13.1. The quantitative estimate of drug-likeness (QED) is 0.772. The lowest BCUT2D eigenvalue weighted by molar-refractivity contribution is 0.00498. The molecule has 0 N–H and O–H groups in total. The van der Waals surface area contributed by atoms with E-state index in [2.05, 4.69) is 9.59 Å². The van der Waals surface area contributed by atoms with Crippen LogP contribution in [0.25, 0.3) is 0 Å². The summed E-state index contributed by atoms with van der Waals surface area (Å²) < 4.78 is 29.9. The molecule has 1 atom stereocenters. The molecule has 18 heavy (non-hydrogen) atoms. The maximum Gasteiger partial charge on any atom is 0.248 e.